The number of hydrogen-bond acceptors (Lipinski definition) is 6. The molecule has 44 heavy (non-hydrogen) atoms. The molecule has 0 saturated carbocycles. The quantitative estimate of drug-likeness (QED) is 0.286. The first-order valence-electron chi connectivity index (χ1n) is 13.8. The molecule has 5 heterocycles. The van der Waals surface area contributed by atoms with Gasteiger partial charge in [0.25, 0.3) is 0 Å². The number of carbonyl (C=O) groups excluding carboxylic acids is 2. The topological polar surface area (TPSA) is 134 Å². The minimum atomic E-state index is -1.33. The van der Waals surface area contributed by atoms with Gasteiger partial charge in [-0.2, -0.15) is 0 Å². The van der Waals surface area contributed by atoms with Gasteiger partial charge in [0.15, 0.2) is 0 Å². The van der Waals surface area contributed by atoms with Crippen LogP contribution in [0.15, 0.2) is 24.8 Å². The number of carbonyl (C=O) groups is 2. The van der Waals surface area contributed by atoms with Crippen LogP contribution in [0.25, 0.3) is 39.3 Å². The molecule has 0 saturated heterocycles. The summed E-state index contributed by atoms with van der Waals surface area (Å²) in [4.78, 5) is 43.4. The van der Waals surface area contributed by atoms with E-state index in [1.807, 2.05) is 39.0 Å². The van der Waals surface area contributed by atoms with Gasteiger partial charge in [0.2, 0.25) is 0 Å². The van der Waals surface area contributed by atoms with Crippen LogP contribution in [0.4, 0.5) is 0 Å². The fourth-order valence-corrected chi connectivity index (χ4v) is 6.15. The molecule has 2 aliphatic heterocycles. The average Bonchev–Trinajstić information content (AvgIpc) is 3.60. The maximum atomic E-state index is 12.4. The van der Waals surface area contributed by atoms with E-state index >= 15 is 0 Å². The van der Waals surface area contributed by atoms with Gasteiger partial charge in [-0.25, -0.2) is 4.98 Å². The van der Waals surface area contributed by atoms with Crippen molar-refractivity contribution in [3.05, 3.63) is 75.4 Å². The first kappa shape index (κ1) is 38.2. The Kier molecular flexibility index (Phi) is 13.1. The maximum Gasteiger partial charge on any atom is 2.00 e. The molecule has 0 aliphatic carbocycles. The molecule has 8 nitrogen and oxygen atoms in total. The molecule has 0 fully saturated rings. The second-order valence-corrected chi connectivity index (χ2v) is 10.9. The zero-order valence-corrected chi connectivity index (χ0v) is 31.5. The number of hydrogen-bond donors (Lipinski definition) is 0. The molecule has 3 aromatic rings. The summed E-state index contributed by atoms with van der Waals surface area (Å²) in [5, 5.41) is 23.8. The summed E-state index contributed by atoms with van der Waals surface area (Å²) in [6.07, 6.45) is 2.67. The Hall–Kier alpha value is -1.94. The Morgan fingerprint density at radius 3 is 2.16 bits per heavy atom. The third-order valence-electron chi connectivity index (χ3n) is 8.58. The second-order valence-electron chi connectivity index (χ2n) is 10.9. The Morgan fingerprint density at radius 2 is 1.57 bits per heavy atom. The summed E-state index contributed by atoms with van der Waals surface area (Å²) >= 11 is 0. The predicted molar refractivity (Wildman–Crippen MR) is 156 cm³/mol. The van der Waals surface area contributed by atoms with Crippen LogP contribution in [0, 0.1) is 20.8 Å². The molecule has 8 bridgehead atoms. The van der Waals surface area contributed by atoms with Crippen molar-refractivity contribution in [2.75, 3.05) is 0 Å². The Balaban J connectivity index is 0.00000225. The van der Waals surface area contributed by atoms with Gasteiger partial charge in [0.1, 0.15) is 0 Å². The maximum absolute atomic E-state index is 12.4. The molecule has 11 heteroatoms. The van der Waals surface area contributed by atoms with Crippen LogP contribution in [-0.4, -0.2) is 21.9 Å². The zero-order chi connectivity index (χ0) is 29.7. The number of carboxylic acids is 2. The number of allylic oxidation sites excluding steroid dienone is 2. The van der Waals surface area contributed by atoms with Crippen molar-refractivity contribution in [2.24, 2.45) is 0 Å². The molecule has 221 valence electrons. The van der Waals surface area contributed by atoms with E-state index < -0.39 is 11.9 Å². The van der Waals surface area contributed by atoms with Crippen molar-refractivity contribution in [3.63, 3.8) is 0 Å². The normalized spacial score (nSPS) is 15.6. The van der Waals surface area contributed by atoms with Crippen molar-refractivity contribution in [3.8, 4) is 0 Å². The van der Waals surface area contributed by atoms with Crippen LogP contribution < -0.4 is 79.3 Å². The van der Waals surface area contributed by atoms with Gasteiger partial charge in [-0.05, 0) is 74.8 Å². The van der Waals surface area contributed by atoms with Gasteiger partial charge in [0, 0.05) is 29.2 Å². The average molecular weight is 658 g/mol. The smallest absolute Gasteiger partial charge is 0.657 e. The third kappa shape index (κ3) is 6.76. The summed E-state index contributed by atoms with van der Waals surface area (Å²) in [5.41, 5.74) is 10.1. The van der Waals surface area contributed by atoms with Crippen molar-refractivity contribution in [1.82, 2.24) is 19.9 Å². The van der Waals surface area contributed by atoms with Gasteiger partial charge in [-0.3, -0.25) is 4.98 Å². The summed E-state index contributed by atoms with van der Waals surface area (Å²) < 4.78 is 0. The number of aromatic carboxylic acids is 1. The molecule has 3 aromatic heterocycles. The molecular weight excluding hydrogens is 626 g/mol. The summed E-state index contributed by atoms with van der Waals surface area (Å²) in [5.74, 6) is -2.89. The zero-order valence-electron chi connectivity index (χ0n) is 26.5. The number of fused-ring (bicyclic) bond motifs is 8. The standard InChI is InChI=1S/C33H36N4O4.Cu.2Na/c1-8-20-15(3)23-12-25-17(5)22(10-11-29(38)39)31(36-25)19(7)32-30(33(40)41)18(6)26(37-32)14-28-21(9-2)16(4)24(35-28)13-27(20)34-23;;;/h8,12-14,17,22H,1,9-11H2,2-7H3,(H4,34,35,36,37,38,39,40,41);;;/q;+2;2*+1/p-4/t17-,22-;;;/m0.../s1. The molecule has 0 amide bonds. The first-order valence-corrected chi connectivity index (χ1v) is 13.8. The number of carboxylic acid groups (broad SMARTS) is 2. The predicted octanol–water partition coefficient (Wildman–Crippen LogP) is -1.73. The summed E-state index contributed by atoms with van der Waals surface area (Å²) in [7, 11) is 0. The number of rotatable bonds is 6. The van der Waals surface area contributed by atoms with E-state index in [-0.39, 0.29) is 106 Å². The van der Waals surface area contributed by atoms with Crippen LogP contribution in [0.3, 0.4) is 0 Å². The minimum absolute atomic E-state index is 0. The molecule has 0 unspecified atom stereocenters. The fraction of sp³-hybridized carbons (Fsp3) is 0.333. The number of aliphatic carboxylic acids is 1. The number of aryl methyl sites for hydroxylation is 3. The monoisotopic (exact) mass is 657 g/mol. The molecule has 0 aromatic carbocycles. The Morgan fingerprint density at radius 1 is 0.932 bits per heavy atom. The van der Waals surface area contributed by atoms with Crippen molar-refractivity contribution in [1.29, 1.82) is 0 Å². The van der Waals surface area contributed by atoms with Gasteiger partial charge in [-0.1, -0.05) is 55.8 Å². The molecule has 0 spiro atoms. The van der Waals surface area contributed by atoms with E-state index in [9.17, 15) is 19.8 Å². The first-order chi connectivity index (χ1) is 19.5. The number of aromatic nitrogens is 4. The van der Waals surface area contributed by atoms with E-state index in [0.29, 0.717) is 28.8 Å². The van der Waals surface area contributed by atoms with Crippen LogP contribution in [-0.2, 0) is 21.9 Å². The summed E-state index contributed by atoms with van der Waals surface area (Å²) in [6.45, 7) is 15.6. The van der Waals surface area contributed by atoms with Crippen molar-refractivity contribution < 1.29 is 96.0 Å². The molecule has 5 rings (SSSR count). The molecule has 1 radical (unpaired) electrons. The van der Waals surface area contributed by atoms with Crippen LogP contribution in [0.1, 0.15) is 107 Å². The minimum Gasteiger partial charge on any atom is -0.657 e. The molecule has 2 atom stereocenters. The van der Waals surface area contributed by atoms with E-state index in [1.54, 1.807) is 19.9 Å². The summed E-state index contributed by atoms with van der Waals surface area (Å²) in [6, 6.07) is 5.72. The largest absolute Gasteiger partial charge is 2.00 e. The van der Waals surface area contributed by atoms with Gasteiger partial charge in [0.05, 0.1) is 17.4 Å². The molecular formula is C33H32CuN4Na2O4. The van der Waals surface area contributed by atoms with Crippen molar-refractivity contribution >= 4 is 51.2 Å². The van der Waals surface area contributed by atoms with Crippen LogP contribution in [0.2, 0.25) is 0 Å². The fourth-order valence-electron chi connectivity index (χ4n) is 6.15. The third-order valence-corrected chi connectivity index (χ3v) is 8.58. The Labute approximate surface area is 312 Å². The van der Waals surface area contributed by atoms with E-state index in [0.717, 1.165) is 56.8 Å². The van der Waals surface area contributed by atoms with Gasteiger partial charge in [-0.15, -0.1) is 22.1 Å². The Bertz CT molecular complexity index is 1840. The molecule has 0 N–H and O–H groups in total. The van der Waals surface area contributed by atoms with E-state index in [2.05, 4.69) is 13.5 Å². The van der Waals surface area contributed by atoms with Crippen LogP contribution in [0.5, 0.6) is 0 Å². The van der Waals surface area contributed by atoms with Crippen LogP contribution >= 0.6 is 0 Å². The van der Waals surface area contributed by atoms with Gasteiger partial charge < -0.3 is 29.8 Å². The van der Waals surface area contributed by atoms with Crippen molar-refractivity contribution in [2.45, 2.75) is 72.6 Å². The number of nitrogens with zero attached hydrogens (tertiary/aromatic N) is 4. The molecule has 2 aliphatic rings. The SMILES string of the molecule is C=Cc1c(C)c2cc3nc(c(C)c4[n-]c(cc5nc(cc1[n-]2)C(C)=C5CC)c(C)c4C(=O)[O-])[C@@H](CCC(=O)[O-])[C@@H]3C.[Cu+2].[Na+].[Na+]. The van der Waals surface area contributed by atoms with E-state index in [1.165, 1.54) is 0 Å². The van der Waals surface area contributed by atoms with E-state index in [4.69, 9.17) is 19.9 Å². The second kappa shape index (κ2) is 15.1. The van der Waals surface area contributed by atoms with Gasteiger partial charge >= 0.3 is 76.2 Å².